The average Bonchev–Trinajstić information content (AvgIpc) is 3.99. The number of hydrogen-bond acceptors (Lipinski definition) is 6. The van der Waals surface area contributed by atoms with E-state index in [9.17, 15) is 14.7 Å². The van der Waals surface area contributed by atoms with Crippen molar-refractivity contribution in [3.8, 4) is 0 Å². The van der Waals surface area contributed by atoms with E-state index in [0.29, 0.717) is 19.4 Å². The number of aliphatic hydroxyl groups excluding tert-OH is 1. The van der Waals surface area contributed by atoms with Crippen LogP contribution in [0.2, 0.25) is 0 Å². The van der Waals surface area contributed by atoms with Crippen molar-refractivity contribution in [3.05, 3.63) is 78.0 Å². The molecule has 3 aliphatic heterocycles. The molecule has 2 aromatic heterocycles. The summed E-state index contributed by atoms with van der Waals surface area (Å²) in [6.07, 6.45) is 26.8. The Balaban J connectivity index is 1.12. The summed E-state index contributed by atoms with van der Waals surface area (Å²) in [5, 5.41) is 20.6. The second kappa shape index (κ2) is 21.2. The van der Waals surface area contributed by atoms with E-state index in [4.69, 9.17) is 4.74 Å². The fourth-order valence-corrected chi connectivity index (χ4v) is 10.5. The van der Waals surface area contributed by atoms with Crippen molar-refractivity contribution >= 4 is 35.1 Å². The van der Waals surface area contributed by atoms with Crippen molar-refractivity contribution < 1.29 is 19.4 Å². The molecule has 6 rings (SSSR count). The molecular formula is C52H76N4O4. The van der Waals surface area contributed by atoms with Crippen LogP contribution in [0.3, 0.4) is 0 Å². The molecule has 0 radical (unpaired) electrons. The van der Waals surface area contributed by atoms with Crippen molar-refractivity contribution in [3.63, 3.8) is 0 Å². The van der Waals surface area contributed by atoms with Crippen LogP contribution >= 0.6 is 0 Å². The highest BCUT2D eigenvalue weighted by atomic mass is 16.5. The number of allylic oxidation sites excluding steroid dienone is 3. The number of aromatic amines is 2. The minimum absolute atomic E-state index is 0.0310. The first-order valence-corrected chi connectivity index (χ1v) is 23.8. The number of Topliss-reactive ketones (excluding diaryl/α,β-unsaturated/α-hetero) is 1. The molecule has 1 aliphatic carbocycles. The van der Waals surface area contributed by atoms with E-state index in [1.807, 2.05) is 6.92 Å². The lowest BCUT2D eigenvalue weighted by atomic mass is 9.93. The zero-order valence-corrected chi connectivity index (χ0v) is 38.4. The van der Waals surface area contributed by atoms with E-state index in [-0.39, 0.29) is 30.3 Å². The van der Waals surface area contributed by atoms with E-state index in [1.165, 1.54) is 101 Å². The Labute approximate surface area is 360 Å². The molecule has 2 aromatic rings. The zero-order chi connectivity index (χ0) is 42.9. The van der Waals surface area contributed by atoms with E-state index in [1.54, 1.807) is 0 Å². The maximum Gasteiger partial charge on any atom is 0.306 e. The molecule has 0 aromatic carbocycles. The third-order valence-corrected chi connectivity index (χ3v) is 14.0. The number of nitrogens with one attached hydrogen (secondary N) is 4. The third-order valence-electron chi connectivity index (χ3n) is 14.0. The van der Waals surface area contributed by atoms with Gasteiger partial charge in [-0.1, -0.05) is 110 Å². The number of hydrogen-bond donors (Lipinski definition) is 5. The number of ether oxygens (including phenoxy) is 1. The largest absolute Gasteiger partial charge is 0.466 e. The summed E-state index contributed by atoms with van der Waals surface area (Å²) >= 11 is 0. The van der Waals surface area contributed by atoms with Gasteiger partial charge in [0, 0.05) is 52.1 Å². The number of aromatic nitrogens is 2. The summed E-state index contributed by atoms with van der Waals surface area (Å²) in [6.45, 7) is 17.3. The molecule has 0 saturated carbocycles. The lowest BCUT2D eigenvalue weighted by molar-refractivity contribution is -0.143. The van der Waals surface area contributed by atoms with Gasteiger partial charge in [0.25, 0.3) is 0 Å². The highest BCUT2D eigenvalue weighted by molar-refractivity contribution is 6.07. The second-order valence-corrected chi connectivity index (χ2v) is 18.3. The Hall–Kier alpha value is -4.04. The first-order valence-electron chi connectivity index (χ1n) is 23.8. The van der Waals surface area contributed by atoms with Crippen LogP contribution < -0.4 is 21.3 Å². The van der Waals surface area contributed by atoms with Gasteiger partial charge < -0.3 is 30.4 Å². The number of fused-ring (bicyclic) bond motifs is 8. The van der Waals surface area contributed by atoms with Crippen LogP contribution in [0.5, 0.6) is 0 Å². The number of aliphatic hydroxyl groups is 1. The van der Waals surface area contributed by atoms with Crippen molar-refractivity contribution in [2.75, 3.05) is 6.61 Å². The summed E-state index contributed by atoms with van der Waals surface area (Å²) < 4.78 is 5.79. The first kappa shape index (κ1) is 45.5. The molecule has 8 heteroatoms. The van der Waals surface area contributed by atoms with Crippen molar-refractivity contribution in [2.24, 2.45) is 0 Å². The topological polar surface area (TPSA) is 119 Å². The number of rotatable bonds is 22. The van der Waals surface area contributed by atoms with Crippen molar-refractivity contribution in [1.29, 1.82) is 0 Å². The lowest BCUT2D eigenvalue weighted by Crippen LogP contribution is -2.31. The summed E-state index contributed by atoms with van der Waals surface area (Å²) in [7, 11) is 0. The normalized spacial score (nSPS) is 21.6. The van der Waals surface area contributed by atoms with Gasteiger partial charge in [0.05, 0.1) is 30.1 Å². The van der Waals surface area contributed by atoms with E-state index in [2.05, 4.69) is 81.2 Å². The summed E-state index contributed by atoms with van der Waals surface area (Å²) in [5.74, 6) is -0.0324. The third kappa shape index (κ3) is 10.2. The van der Waals surface area contributed by atoms with Crippen molar-refractivity contribution in [2.45, 2.75) is 202 Å². The van der Waals surface area contributed by atoms with Gasteiger partial charge in [0.1, 0.15) is 0 Å². The quantitative estimate of drug-likeness (QED) is 0.0596. The maximum absolute atomic E-state index is 13.8. The van der Waals surface area contributed by atoms with Gasteiger partial charge in [-0.25, -0.2) is 0 Å². The summed E-state index contributed by atoms with van der Waals surface area (Å²) in [6, 6.07) is -0.265. The molecule has 5 heterocycles. The highest BCUT2D eigenvalue weighted by Gasteiger charge is 2.37. The van der Waals surface area contributed by atoms with Gasteiger partial charge in [-0.05, 0) is 118 Å². The Morgan fingerprint density at radius 1 is 0.783 bits per heavy atom. The Morgan fingerprint density at radius 3 is 2.00 bits per heavy atom. The van der Waals surface area contributed by atoms with E-state index >= 15 is 0 Å². The molecule has 0 saturated heterocycles. The van der Waals surface area contributed by atoms with Gasteiger partial charge in [0.15, 0.2) is 5.78 Å². The monoisotopic (exact) mass is 821 g/mol. The predicted octanol–water partition coefficient (Wildman–Crippen LogP) is 10.9. The Bertz CT molecular complexity index is 2140. The molecule has 328 valence electrons. The molecule has 8 bridgehead atoms. The number of ketones is 1. The molecule has 5 N–H and O–H groups in total. The highest BCUT2D eigenvalue weighted by Crippen LogP contribution is 2.40. The van der Waals surface area contributed by atoms with Gasteiger partial charge in [0.2, 0.25) is 0 Å². The molecule has 0 fully saturated rings. The molecule has 3 atom stereocenters. The van der Waals surface area contributed by atoms with Gasteiger partial charge >= 0.3 is 5.97 Å². The van der Waals surface area contributed by atoms with Crippen LogP contribution in [0.25, 0.3) is 23.3 Å². The smallest absolute Gasteiger partial charge is 0.306 e. The number of H-pyrrole nitrogens is 2. The van der Waals surface area contributed by atoms with Crippen molar-refractivity contribution in [1.82, 2.24) is 20.6 Å². The Kier molecular flexibility index (Phi) is 16.0. The van der Waals surface area contributed by atoms with Crippen LogP contribution in [0.1, 0.15) is 214 Å². The minimum atomic E-state index is -0.666. The van der Waals surface area contributed by atoms with Crippen LogP contribution in [0, 0.1) is 13.8 Å². The molecular weight excluding hydrogens is 745 g/mol. The molecule has 60 heavy (non-hydrogen) atoms. The van der Waals surface area contributed by atoms with Crippen LogP contribution in [0.15, 0.2) is 33.7 Å². The number of carbonyl (C=O) groups is 2. The second-order valence-electron chi connectivity index (χ2n) is 18.3. The fraction of sp³-hybridized carbons (Fsp3) is 0.615. The number of unbranched alkanes of at least 4 members (excludes halogenated alkanes) is 15. The summed E-state index contributed by atoms with van der Waals surface area (Å²) in [4.78, 5) is 34.5. The van der Waals surface area contributed by atoms with Gasteiger partial charge in [-0.2, -0.15) is 0 Å². The fourth-order valence-electron chi connectivity index (χ4n) is 10.5. The SMILES string of the molecule is CCCCCCCCCCCCCCCCCCOC(=O)CCC1=C(C)/C2=C(\C)c3[nH]c(c(C(C)O)c3C)/C=C3\NC(/C=c4\[nH]c5c(c4C)C(=O)CC=5C1N2)C(CC)=C3C. The van der Waals surface area contributed by atoms with Crippen LogP contribution in [-0.2, 0) is 9.53 Å². The first-order chi connectivity index (χ1) is 29.0. The molecule has 8 nitrogen and oxygen atoms in total. The number of carbonyl (C=O) groups excluding carboxylic acids is 2. The Morgan fingerprint density at radius 2 is 1.40 bits per heavy atom. The van der Waals surface area contributed by atoms with Crippen LogP contribution in [-0.4, -0.2) is 45.5 Å². The standard InChI is InChI=1S/C52H76N4O4/c1-9-11-12-13-14-15-16-17-18-19-20-21-22-23-24-25-28-60-46(59)27-26-39-33(4)49-36(7)50-35(6)47(37(8)57)44(55-50)31-41-32(3)38(10-2)43(53-41)30-42-34(5)48-45(58)29-40(51(39)56-49)52(48)54-42/h30-31,37,43,51,53-57H,9-29H2,1-8H3/b41-31-,42-30-,49-36-. The van der Waals surface area contributed by atoms with Gasteiger partial charge in [-0.15, -0.1) is 0 Å². The number of esters is 1. The predicted molar refractivity (Wildman–Crippen MR) is 248 cm³/mol. The zero-order valence-electron chi connectivity index (χ0n) is 38.4. The lowest BCUT2D eigenvalue weighted by Gasteiger charge is -2.18. The summed E-state index contributed by atoms with van der Waals surface area (Å²) in [5.41, 5.74) is 14.3. The maximum atomic E-state index is 13.8. The van der Waals surface area contributed by atoms with E-state index in [0.717, 1.165) is 97.3 Å². The van der Waals surface area contributed by atoms with Crippen LogP contribution in [0.4, 0.5) is 0 Å². The van der Waals surface area contributed by atoms with Gasteiger partial charge in [-0.3, -0.25) is 9.59 Å². The molecule has 0 spiro atoms. The molecule has 3 unspecified atom stereocenters. The van der Waals surface area contributed by atoms with E-state index < -0.39 is 6.10 Å². The molecule has 0 amide bonds. The molecule has 4 aliphatic rings. The average molecular weight is 821 g/mol. The minimum Gasteiger partial charge on any atom is -0.466 e.